The van der Waals surface area contributed by atoms with Crippen LogP contribution in [0.5, 0.6) is 23.0 Å². The summed E-state index contributed by atoms with van der Waals surface area (Å²) >= 11 is 0. The molecule has 0 spiro atoms. The van der Waals surface area contributed by atoms with Crippen LogP contribution in [0.1, 0.15) is 6.42 Å². The molecule has 0 bridgehead atoms. The van der Waals surface area contributed by atoms with Crippen LogP contribution in [0.25, 0.3) is 10.9 Å². The summed E-state index contributed by atoms with van der Waals surface area (Å²) in [4.78, 5) is 46.3. The van der Waals surface area contributed by atoms with E-state index in [2.05, 4.69) is 10.3 Å². The molecule has 1 aliphatic heterocycles. The highest BCUT2D eigenvalue weighted by Gasteiger charge is 2.43. The molecule has 2 N–H and O–H groups in total. The van der Waals surface area contributed by atoms with Gasteiger partial charge in [-0.1, -0.05) is 0 Å². The lowest BCUT2D eigenvalue weighted by Gasteiger charge is -2.37. The van der Waals surface area contributed by atoms with Crippen LogP contribution >= 0.6 is 0 Å². The van der Waals surface area contributed by atoms with E-state index in [1.165, 1.54) is 17.0 Å². The monoisotopic (exact) mass is 588 g/mol. The first-order valence-corrected chi connectivity index (χ1v) is 13.4. The minimum atomic E-state index is -1.23. The number of pyridine rings is 1. The summed E-state index contributed by atoms with van der Waals surface area (Å²) < 4.78 is 30.4. The van der Waals surface area contributed by atoms with E-state index < -0.39 is 29.6 Å². The Kier molecular flexibility index (Phi) is 8.67. The molecule has 0 radical (unpaired) electrons. The number of nitrogens with one attached hydrogen (secondary N) is 1. The van der Waals surface area contributed by atoms with E-state index in [0.29, 0.717) is 39.6 Å². The maximum atomic E-state index is 13.5. The summed E-state index contributed by atoms with van der Waals surface area (Å²) in [6, 6.07) is 16.0. The number of rotatable bonds is 10. The normalized spacial score (nSPS) is 15.0. The van der Waals surface area contributed by atoms with Crippen molar-refractivity contribution in [3.05, 3.63) is 78.7 Å². The first-order valence-electron chi connectivity index (χ1n) is 13.4. The second-order valence-corrected chi connectivity index (χ2v) is 9.66. The Morgan fingerprint density at radius 1 is 1.00 bits per heavy atom. The molecule has 1 atom stereocenters. The van der Waals surface area contributed by atoms with Crippen LogP contribution in [0, 0.1) is 11.7 Å². The van der Waals surface area contributed by atoms with Gasteiger partial charge in [0.2, 0.25) is 11.8 Å². The average molecular weight is 589 g/mol. The molecule has 1 aromatic heterocycles. The van der Waals surface area contributed by atoms with Gasteiger partial charge in [0.25, 0.3) is 0 Å². The van der Waals surface area contributed by atoms with Crippen LogP contribution in [-0.2, 0) is 9.59 Å². The van der Waals surface area contributed by atoms with Gasteiger partial charge in [-0.3, -0.25) is 14.6 Å². The smallest absolute Gasteiger partial charge is 0.331 e. The molecular weight excluding hydrogens is 559 g/mol. The van der Waals surface area contributed by atoms with Crippen LogP contribution in [0.3, 0.4) is 0 Å². The number of methoxy groups -OCH3 is 2. The number of aliphatic hydroxyl groups excluding tert-OH is 1. The standard InChI is InChI=1S/C31H29FN4O7/c1-41-27-16-23-25(17-28(27)42-2)33-13-12-26(23)43-22-10-6-20(7-11-22)34-29(38)24-18-35(14-3-15-37)31(40)36(30(24)39)21-8-4-19(32)5-9-21/h4-13,16-17,24,37H,3,14-15,18H2,1-2H3,(H,34,38). The van der Waals surface area contributed by atoms with Crippen LogP contribution in [0.15, 0.2) is 72.9 Å². The van der Waals surface area contributed by atoms with Gasteiger partial charge in [-0.25, -0.2) is 14.1 Å². The molecule has 1 aliphatic rings. The molecule has 12 heteroatoms. The van der Waals surface area contributed by atoms with Gasteiger partial charge in [-0.2, -0.15) is 0 Å². The van der Waals surface area contributed by atoms with Gasteiger partial charge < -0.3 is 29.5 Å². The summed E-state index contributed by atoms with van der Waals surface area (Å²) in [5.41, 5.74) is 1.20. The fraction of sp³-hybridized carbons (Fsp3) is 0.226. The number of carbonyl (C=O) groups is 3. The molecule has 1 unspecified atom stereocenters. The number of urea groups is 1. The van der Waals surface area contributed by atoms with E-state index in [-0.39, 0.29) is 31.8 Å². The van der Waals surface area contributed by atoms with E-state index in [1.807, 2.05) is 0 Å². The molecule has 3 aromatic carbocycles. The van der Waals surface area contributed by atoms with Gasteiger partial charge in [0.15, 0.2) is 11.5 Å². The molecule has 0 aliphatic carbocycles. The second kappa shape index (κ2) is 12.7. The largest absolute Gasteiger partial charge is 0.493 e. The van der Waals surface area contributed by atoms with Crippen molar-refractivity contribution in [2.75, 3.05) is 44.1 Å². The quantitative estimate of drug-likeness (QED) is 0.257. The predicted molar refractivity (Wildman–Crippen MR) is 156 cm³/mol. The van der Waals surface area contributed by atoms with Crippen LogP contribution in [0.4, 0.5) is 20.6 Å². The van der Waals surface area contributed by atoms with Crippen molar-refractivity contribution in [1.29, 1.82) is 0 Å². The van der Waals surface area contributed by atoms with Crippen molar-refractivity contribution in [3.63, 3.8) is 0 Å². The third kappa shape index (κ3) is 6.19. The molecule has 0 saturated carbocycles. The molecule has 1 fully saturated rings. The number of nitrogens with zero attached hydrogens (tertiary/aromatic N) is 3. The fourth-order valence-corrected chi connectivity index (χ4v) is 4.74. The molecule has 1 saturated heterocycles. The van der Waals surface area contributed by atoms with E-state index in [1.54, 1.807) is 62.9 Å². The molecule has 43 heavy (non-hydrogen) atoms. The van der Waals surface area contributed by atoms with Crippen molar-refractivity contribution in [2.24, 2.45) is 5.92 Å². The molecule has 11 nitrogen and oxygen atoms in total. The minimum Gasteiger partial charge on any atom is -0.493 e. The third-order valence-electron chi connectivity index (χ3n) is 6.93. The van der Waals surface area contributed by atoms with Gasteiger partial charge >= 0.3 is 6.03 Å². The Hall–Kier alpha value is -5.23. The van der Waals surface area contributed by atoms with Gasteiger partial charge in [-0.15, -0.1) is 0 Å². The molecule has 2 heterocycles. The molecule has 222 valence electrons. The number of ether oxygens (including phenoxy) is 3. The number of aliphatic hydroxyl groups is 1. The van der Waals surface area contributed by atoms with Gasteiger partial charge in [0, 0.05) is 43.0 Å². The van der Waals surface area contributed by atoms with Crippen molar-refractivity contribution in [1.82, 2.24) is 9.88 Å². The zero-order valence-corrected chi connectivity index (χ0v) is 23.5. The van der Waals surface area contributed by atoms with E-state index in [0.717, 1.165) is 17.0 Å². The van der Waals surface area contributed by atoms with E-state index >= 15 is 0 Å². The summed E-state index contributed by atoms with van der Waals surface area (Å²) in [5.74, 6) is -1.03. The lowest BCUT2D eigenvalue weighted by Crippen LogP contribution is -2.59. The van der Waals surface area contributed by atoms with E-state index in [9.17, 15) is 23.9 Å². The molecule has 4 amide bonds. The number of fused-ring (bicyclic) bond motifs is 1. The number of carbonyl (C=O) groups excluding carboxylic acids is 3. The number of hydrogen-bond acceptors (Lipinski definition) is 8. The van der Waals surface area contributed by atoms with Crippen molar-refractivity contribution < 1.29 is 38.1 Å². The van der Waals surface area contributed by atoms with Crippen LogP contribution < -0.4 is 24.4 Å². The fourth-order valence-electron chi connectivity index (χ4n) is 4.74. The average Bonchev–Trinajstić information content (AvgIpc) is 3.02. The molecule has 4 aromatic rings. The van der Waals surface area contributed by atoms with Gasteiger partial charge in [-0.05, 0) is 67.1 Å². The van der Waals surface area contributed by atoms with Crippen LogP contribution in [0.2, 0.25) is 0 Å². The zero-order chi connectivity index (χ0) is 30.5. The third-order valence-corrected chi connectivity index (χ3v) is 6.93. The number of imide groups is 1. The van der Waals surface area contributed by atoms with Crippen molar-refractivity contribution in [3.8, 4) is 23.0 Å². The predicted octanol–water partition coefficient (Wildman–Crippen LogP) is 4.59. The van der Waals surface area contributed by atoms with Gasteiger partial charge in [0.1, 0.15) is 23.2 Å². The number of aromatic nitrogens is 1. The first-order chi connectivity index (χ1) is 20.8. The lowest BCUT2D eigenvalue weighted by atomic mass is 10.0. The summed E-state index contributed by atoms with van der Waals surface area (Å²) in [6.45, 7) is -0.194. The maximum absolute atomic E-state index is 13.5. The number of benzene rings is 3. The highest BCUT2D eigenvalue weighted by atomic mass is 19.1. The highest BCUT2D eigenvalue weighted by Crippen LogP contribution is 2.37. The summed E-state index contributed by atoms with van der Waals surface area (Å²) in [5, 5.41) is 12.7. The number of amides is 4. The Morgan fingerprint density at radius 3 is 2.37 bits per heavy atom. The summed E-state index contributed by atoms with van der Waals surface area (Å²) in [6.07, 6.45) is 1.88. The lowest BCUT2D eigenvalue weighted by molar-refractivity contribution is -0.132. The highest BCUT2D eigenvalue weighted by molar-refractivity contribution is 6.23. The number of hydrogen-bond donors (Lipinski definition) is 2. The SMILES string of the molecule is COc1cc2nccc(Oc3ccc(NC(=O)C4CN(CCCO)C(=O)N(c5ccc(F)cc5)C4=O)cc3)c2cc1OC. The topological polar surface area (TPSA) is 131 Å². The summed E-state index contributed by atoms with van der Waals surface area (Å²) in [7, 11) is 3.09. The van der Waals surface area contributed by atoms with E-state index in [4.69, 9.17) is 14.2 Å². The van der Waals surface area contributed by atoms with Crippen molar-refractivity contribution in [2.45, 2.75) is 6.42 Å². The molecule has 5 rings (SSSR count). The minimum absolute atomic E-state index is 0.137. The number of halogens is 1. The van der Waals surface area contributed by atoms with Gasteiger partial charge in [0.05, 0.1) is 25.4 Å². The van der Waals surface area contributed by atoms with Crippen LogP contribution in [-0.4, -0.2) is 66.8 Å². The Bertz CT molecular complexity index is 1650. The first kappa shape index (κ1) is 29.3. The molecular formula is C31H29FN4O7. The Labute approximate surface area is 246 Å². The Balaban J connectivity index is 1.33. The Morgan fingerprint density at radius 2 is 1.70 bits per heavy atom. The van der Waals surface area contributed by atoms with Crippen molar-refractivity contribution >= 4 is 40.1 Å². The number of anilines is 2. The zero-order valence-electron chi connectivity index (χ0n) is 23.5. The second-order valence-electron chi connectivity index (χ2n) is 9.66. The maximum Gasteiger partial charge on any atom is 0.331 e.